The van der Waals surface area contributed by atoms with E-state index in [4.69, 9.17) is 0 Å². The first-order valence-electron chi connectivity index (χ1n) is 5.08. The van der Waals surface area contributed by atoms with Gasteiger partial charge < -0.3 is 9.64 Å². The molecule has 0 saturated heterocycles. The van der Waals surface area contributed by atoms with E-state index in [0.29, 0.717) is 0 Å². The van der Waals surface area contributed by atoms with Gasteiger partial charge in [0.25, 0.3) is 0 Å². The average Bonchev–Trinajstić information content (AvgIpc) is 2.35. The number of aromatic nitrogens is 1. The molecule has 0 unspecified atom stereocenters. The van der Waals surface area contributed by atoms with Crippen LogP contribution in [-0.2, 0) is 4.74 Å². The summed E-state index contributed by atoms with van der Waals surface area (Å²) in [6, 6.07) is 1.07. The molecule has 18 heavy (non-hydrogen) atoms. The zero-order chi connectivity index (χ0) is 13.7. The van der Waals surface area contributed by atoms with Crippen molar-refractivity contribution in [1.29, 1.82) is 0 Å². The third-order valence-electron chi connectivity index (χ3n) is 2.04. The summed E-state index contributed by atoms with van der Waals surface area (Å²) in [6.45, 7) is 0. The van der Waals surface area contributed by atoms with Crippen molar-refractivity contribution in [3.8, 4) is 0 Å². The molecular formula is C12H13FN2O3. The fourth-order valence-electron chi connectivity index (χ4n) is 1.14. The van der Waals surface area contributed by atoms with Crippen molar-refractivity contribution in [3.63, 3.8) is 0 Å². The maximum absolute atomic E-state index is 13.3. The summed E-state index contributed by atoms with van der Waals surface area (Å²) >= 11 is 0. The molecule has 0 amide bonds. The number of ether oxygens (including phenoxy) is 1. The summed E-state index contributed by atoms with van der Waals surface area (Å²) in [5, 5.41) is 0. The molecule has 1 heterocycles. The third-order valence-corrected chi connectivity index (χ3v) is 2.04. The second-order valence-electron chi connectivity index (χ2n) is 3.68. The minimum absolute atomic E-state index is 0.0186. The summed E-state index contributed by atoms with van der Waals surface area (Å²) < 4.78 is 17.7. The quantitative estimate of drug-likeness (QED) is 0.459. The molecule has 1 aromatic heterocycles. The van der Waals surface area contributed by atoms with Gasteiger partial charge >= 0.3 is 5.97 Å². The van der Waals surface area contributed by atoms with Gasteiger partial charge in [-0.05, 0) is 6.07 Å². The number of carbonyl (C=O) groups excluding carboxylic acids is 2. The number of pyridine rings is 1. The molecular weight excluding hydrogens is 239 g/mol. The average molecular weight is 252 g/mol. The van der Waals surface area contributed by atoms with Gasteiger partial charge in [-0.3, -0.25) is 4.79 Å². The number of carbonyl (C=O) groups is 2. The highest BCUT2D eigenvalue weighted by Crippen LogP contribution is 2.10. The highest BCUT2D eigenvalue weighted by molar-refractivity contribution is 6.04. The smallest absolute Gasteiger partial charge is 0.340 e. The molecule has 96 valence electrons. The van der Waals surface area contributed by atoms with E-state index in [1.54, 1.807) is 19.0 Å². The van der Waals surface area contributed by atoms with Crippen LogP contribution >= 0.6 is 0 Å². The number of methoxy groups -OCH3 is 1. The summed E-state index contributed by atoms with van der Waals surface area (Å²) in [4.78, 5) is 28.2. The van der Waals surface area contributed by atoms with Crippen molar-refractivity contribution in [1.82, 2.24) is 9.88 Å². The highest BCUT2D eigenvalue weighted by atomic mass is 19.1. The Morgan fingerprint density at radius 1 is 1.44 bits per heavy atom. The van der Waals surface area contributed by atoms with Crippen LogP contribution in [0.2, 0.25) is 0 Å². The molecule has 0 aromatic carbocycles. The molecule has 0 N–H and O–H groups in total. The standard InChI is InChI=1S/C12H13FN2O3/c1-15(2)5-4-11(16)10-6-8(12(17)18-3)9(13)7-14-10/h4-7H,1-3H3/b5-4+. The summed E-state index contributed by atoms with van der Waals surface area (Å²) in [6.07, 6.45) is 3.63. The van der Waals surface area contributed by atoms with Gasteiger partial charge in [-0.2, -0.15) is 0 Å². The lowest BCUT2D eigenvalue weighted by Gasteiger charge is -2.04. The van der Waals surface area contributed by atoms with E-state index >= 15 is 0 Å². The number of rotatable bonds is 4. The van der Waals surface area contributed by atoms with Crippen LogP contribution in [0.4, 0.5) is 4.39 Å². The predicted octanol–water partition coefficient (Wildman–Crippen LogP) is 1.27. The Kier molecular flexibility index (Phi) is 4.53. The van der Waals surface area contributed by atoms with Gasteiger partial charge in [0.1, 0.15) is 5.69 Å². The molecule has 0 aliphatic rings. The van der Waals surface area contributed by atoms with Gasteiger partial charge in [0.15, 0.2) is 5.82 Å². The molecule has 0 radical (unpaired) electrons. The molecule has 0 bridgehead atoms. The van der Waals surface area contributed by atoms with Gasteiger partial charge in [0, 0.05) is 26.4 Å². The van der Waals surface area contributed by atoms with Gasteiger partial charge in [0.05, 0.1) is 18.9 Å². The van der Waals surface area contributed by atoms with Crippen LogP contribution in [0.25, 0.3) is 0 Å². The summed E-state index contributed by atoms with van der Waals surface area (Å²) in [5.41, 5.74) is -0.330. The molecule has 0 aliphatic carbocycles. The Hall–Kier alpha value is -2.24. The van der Waals surface area contributed by atoms with Crippen molar-refractivity contribution in [2.45, 2.75) is 0 Å². The lowest BCUT2D eigenvalue weighted by Crippen LogP contribution is -2.09. The van der Waals surface area contributed by atoms with Crippen LogP contribution in [-0.4, -0.2) is 42.8 Å². The molecule has 0 fully saturated rings. The third kappa shape index (κ3) is 3.38. The first-order chi connectivity index (χ1) is 8.45. The second kappa shape index (κ2) is 5.90. The van der Waals surface area contributed by atoms with E-state index in [2.05, 4.69) is 9.72 Å². The zero-order valence-electron chi connectivity index (χ0n) is 10.3. The van der Waals surface area contributed by atoms with E-state index in [9.17, 15) is 14.0 Å². The molecule has 5 nitrogen and oxygen atoms in total. The maximum atomic E-state index is 13.3. The van der Waals surface area contributed by atoms with Gasteiger partial charge in [-0.25, -0.2) is 14.2 Å². The first-order valence-corrected chi connectivity index (χ1v) is 5.08. The number of esters is 1. The Morgan fingerprint density at radius 3 is 2.67 bits per heavy atom. The lowest BCUT2D eigenvalue weighted by molar-refractivity contribution is 0.0595. The second-order valence-corrected chi connectivity index (χ2v) is 3.68. The number of ketones is 1. The number of halogens is 1. The number of hydrogen-bond acceptors (Lipinski definition) is 5. The topological polar surface area (TPSA) is 59.5 Å². The zero-order valence-corrected chi connectivity index (χ0v) is 10.3. The minimum atomic E-state index is -0.847. The Morgan fingerprint density at radius 2 is 2.11 bits per heavy atom. The number of hydrogen-bond donors (Lipinski definition) is 0. The molecule has 0 atom stereocenters. The van der Waals surface area contributed by atoms with E-state index in [-0.39, 0.29) is 11.3 Å². The summed E-state index contributed by atoms with van der Waals surface area (Å²) in [5.74, 6) is -2.09. The largest absolute Gasteiger partial charge is 0.465 e. The van der Waals surface area contributed by atoms with E-state index in [1.165, 1.54) is 12.3 Å². The minimum Gasteiger partial charge on any atom is -0.465 e. The Bertz CT molecular complexity index is 498. The van der Waals surface area contributed by atoms with Crippen molar-refractivity contribution < 1.29 is 18.7 Å². The lowest BCUT2D eigenvalue weighted by atomic mass is 10.1. The Labute approximate surface area is 104 Å². The fraction of sp³-hybridized carbons (Fsp3) is 0.250. The van der Waals surface area contributed by atoms with Crippen molar-refractivity contribution in [3.05, 3.63) is 41.6 Å². The number of nitrogens with zero attached hydrogens (tertiary/aromatic N) is 2. The van der Waals surface area contributed by atoms with Crippen LogP contribution in [0.1, 0.15) is 20.8 Å². The van der Waals surface area contributed by atoms with Crippen LogP contribution < -0.4 is 0 Å². The van der Waals surface area contributed by atoms with Gasteiger partial charge in [-0.1, -0.05) is 0 Å². The molecule has 1 rings (SSSR count). The van der Waals surface area contributed by atoms with Crippen molar-refractivity contribution in [2.75, 3.05) is 21.2 Å². The van der Waals surface area contributed by atoms with Crippen LogP contribution in [0.15, 0.2) is 24.5 Å². The molecule has 0 aliphatic heterocycles. The normalized spacial score (nSPS) is 10.4. The first kappa shape index (κ1) is 13.8. The monoisotopic (exact) mass is 252 g/mol. The van der Waals surface area contributed by atoms with E-state index < -0.39 is 17.6 Å². The van der Waals surface area contributed by atoms with Gasteiger partial charge in [-0.15, -0.1) is 0 Å². The van der Waals surface area contributed by atoms with Crippen molar-refractivity contribution >= 4 is 11.8 Å². The maximum Gasteiger partial charge on any atom is 0.340 e. The predicted molar refractivity (Wildman–Crippen MR) is 62.7 cm³/mol. The van der Waals surface area contributed by atoms with Crippen LogP contribution in [0, 0.1) is 5.82 Å². The molecule has 0 spiro atoms. The van der Waals surface area contributed by atoms with Crippen LogP contribution in [0.5, 0.6) is 0 Å². The SMILES string of the molecule is COC(=O)c1cc(C(=O)/C=C/N(C)C)ncc1F. The Balaban J connectivity index is 3.05. The van der Waals surface area contributed by atoms with Crippen molar-refractivity contribution in [2.24, 2.45) is 0 Å². The number of allylic oxidation sites excluding steroid dienone is 1. The fourth-order valence-corrected chi connectivity index (χ4v) is 1.14. The molecule has 6 heteroatoms. The highest BCUT2D eigenvalue weighted by Gasteiger charge is 2.15. The van der Waals surface area contributed by atoms with E-state index in [0.717, 1.165) is 19.4 Å². The summed E-state index contributed by atoms with van der Waals surface area (Å²) in [7, 11) is 4.64. The van der Waals surface area contributed by atoms with Crippen LogP contribution in [0.3, 0.4) is 0 Å². The van der Waals surface area contributed by atoms with Gasteiger partial charge in [0.2, 0.25) is 5.78 Å². The molecule has 0 saturated carbocycles. The molecule has 1 aromatic rings. The van der Waals surface area contributed by atoms with E-state index in [1.807, 2.05) is 0 Å².